The molecule has 0 fully saturated rings. The van der Waals surface area contributed by atoms with E-state index in [1.165, 1.54) is 4.31 Å². The first kappa shape index (κ1) is 18.6. The average Bonchev–Trinajstić information content (AvgIpc) is 2.38. The number of hydrogen-bond donors (Lipinski definition) is 1. The van der Waals surface area contributed by atoms with E-state index in [1.807, 2.05) is 40.8 Å². The molecule has 0 aromatic heterocycles. The Morgan fingerprint density at radius 3 is 2.38 bits per heavy atom. The van der Waals surface area contributed by atoms with Crippen LogP contribution in [0.2, 0.25) is 0 Å². The zero-order valence-corrected chi connectivity index (χ0v) is 16.0. The molecule has 0 bridgehead atoms. The molecule has 1 unspecified atom stereocenters. The highest BCUT2D eigenvalue weighted by atomic mass is 79.9. The van der Waals surface area contributed by atoms with Crippen molar-refractivity contribution in [1.82, 2.24) is 9.62 Å². The highest BCUT2D eigenvalue weighted by Crippen LogP contribution is 2.31. The van der Waals surface area contributed by atoms with Gasteiger partial charge in [0, 0.05) is 24.1 Å². The SMILES string of the molecule is CNCc1ccc(Br)c(S(=O)(=O)N(C)C(C)C(C)(C)C)c1. The summed E-state index contributed by atoms with van der Waals surface area (Å²) in [5.74, 6) is 0. The van der Waals surface area contributed by atoms with Crippen molar-refractivity contribution in [2.24, 2.45) is 5.41 Å². The van der Waals surface area contributed by atoms with Crippen molar-refractivity contribution >= 4 is 26.0 Å². The summed E-state index contributed by atoms with van der Waals surface area (Å²) in [6.45, 7) is 8.68. The molecule has 0 saturated heterocycles. The molecule has 0 aliphatic heterocycles. The zero-order valence-electron chi connectivity index (χ0n) is 13.6. The van der Waals surface area contributed by atoms with Gasteiger partial charge in [0.05, 0.1) is 4.90 Å². The van der Waals surface area contributed by atoms with Crippen LogP contribution in [0.1, 0.15) is 33.3 Å². The van der Waals surface area contributed by atoms with Gasteiger partial charge in [0.2, 0.25) is 10.0 Å². The summed E-state index contributed by atoms with van der Waals surface area (Å²) in [6, 6.07) is 5.31. The van der Waals surface area contributed by atoms with Crippen LogP contribution in [0.15, 0.2) is 27.6 Å². The Bertz CT molecular complexity index is 594. The van der Waals surface area contributed by atoms with E-state index < -0.39 is 10.0 Å². The van der Waals surface area contributed by atoms with E-state index in [9.17, 15) is 8.42 Å². The minimum atomic E-state index is -3.53. The molecule has 0 aliphatic rings. The van der Waals surface area contributed by atoms with Crippen LogP contribution >= 0.6 is 15.9 Å². The highest BCUT2D eigenvalue weighted by molar-refractivity contribution is 9.10. The monoisotopic (exact) mass is 376 g/mol. The molecule has 1 N–H and O–H groups in total. The lowest BCUT2D eigenvalue weighted by atomic mass is 9.88. The number of nitrogens with zero attached hydrogens (tertiary/aromatic N) is 1. The molecule has 0 heterocycles. The van der Waals surface area contributed by atoms with Crippen molar-refractivity contribution in [3.05, 3.63) is 28.2 Å². The molecule has 1 atom stereocenters. The number of halogens is 1. The van der Waals surface area contributed by atoms with Crippen LogP contribution in [-0.2, 0) is 16.6 Å². The van der Waals surface area contributed by atoms with Gasteiger partial charge in [-0.3, -0.25) is 0 Å². The second kappa shape index (κ2) is 6.77. The van der Waals surface area contributed by atoms with Crippen molar-refractivity contribution in [1.29, 1.82) is 0 Å². The highest BCUT2D eigenvalue weighted by Gasteiger charge is 2.33. The Morgan fingerprint density at radius 1 is 1.33 bits per heavy atom. The minimum absolute atomic E-state index is 0.109. The first-order valence-electron chi connectivity index (χ1n) is 6.93. The van der Waals surface area contributed by atoms with Crippen LogP contribution in [0.5, 0.6) is 0 Å². The molecule has 1 rings (SSSR count). The van der Waals surface area contributed by atoms with Gasteiger partial charge < -0.3 is 5.32 Å². The Balaban J connectivity index is 3.27. The maximum Gasteiger partial charge on any atom is 0.244 e. The van der Waals surface area contributed by atoms with Gasteiger partial charge in [0.25, 0.3) is 0 Å². The number of nitrogens with one attached hydrogen (secondary N) is 1. The van der Waals surface area contributed by atoms with E-state index in [4.69, 9.17) is 0 Å². The number of benzene rings is 1. The summed E-state index contributed by atoms with van der Waals surface area (Å²) in [5.41, 5.74) is 0.813. The van der Waals surface area contributed by atoms with Gasteiger partial charge in [0.1, 0.15) is 0 Å². The summed E-state index contributed by atoms with van der Waals surface area (Å²) in [4.78, 5) is 0.314. The topological polar surface area (TPSA) is 49.4 Å². The molecule has 6 heteroatoms. The van der Waals surface area contributed by atoms with Crippen LogP contribution in [0.3, 0.4) is 0 Å². The van der Waals surface area contributed by atoms with Gasteiger partial charge in [-0.25, -0.2) is 8.42 Å². The summed E-state index contributed by atoms with van der Waals surface area (Å²) in [6.07, 6.45) is 0. The summed E-state index contributed by atoms with van der Waals surface area (Å²) in [5, 5.41) is 3.03. The molecule has 1 aromatic carbocycles. The third-order valence-corrected chi connectivity index (χ3v) is 6.75. The van der Waals surface area contributed by atoms with Crippen LogP contribution in [0.4, 0.5) is 0 Å². The molecule has 0 radical (unpaired) electrons. The van der Waals surface area contributed by atoms with Gasteiger partial charge in [-0.2, -0.15) is 4.31 Å². The molecule has 0 aliphatic carbocycles. The normalized spacial score (nSPS) is 14.5. The van der Waals surface area contributed by atoms with E-state index in [1.54, 1.807) is 19.2 Å². The maximum atomic E-state index is 12.9. The second-order valence-corrected chi connectivity index (χ2v) is 9.18. The quantitative estimate of drug-likeness (QED) is 0.857. The first-order valence-corrected chi connectivity index (χ1v) is 9.16. The average molecular weight is 377 g/mol. The lowest BCUT2D eigenvalue weighted by Gasteiger charge is -2.34. The molecule has 21 heavy (non-hydrogen) atoms. The fourth-order valence-electron chi connectivity index (χ4n) is 1.97. The van der Waals surface area contributed by atoms with E-state index in [0.717, 1.165) is 5.56 Å². The Kier molecular flexibility index (Phi) is 6.00. The van der Waals surface area contributed by atoms with Crippen molar-refractivity contribution in [2.45, 2.75) is 45.2 Å². The molecule has 0 amide bonds. The van der Waals surface area contributed by atoms with Gasteiger partial charge >= 0.3 is 0 Å². The molecule has 1 aromatic rings. The van der Waals surface area contributed by atoms with Crippen LogP contribution < -0.4 is 5.32 Å². The Morgan fingerprint density at radius 2 is 1.90 bits per heavy atom. The zero-order chi connectivity index (χ0) is 16.4. The van der Waals surface area contributed by atoms with Gasteiger partial charge in [-0.05, 0) is 53.0 Å². The predicted molar refractivity (Wildman–Crippen MR) is 90.8 cm³/mol. The van der Waals surface area contributed by atoms with Crippen LogP contribution in [0.25, 0.3) is 0 Å². The standard InChI is InChI=1S/C15H25BrN2O2S/c1-11(15(2,3)4)18(6)21(19,20)14-9-12(10-17-5)7-8-13(14)16/h7-9,11,17H,10H2,1-6H3. The fraction of sp³-hybridized carbons (Fsp3) is 0.600. The second-order valence-electron chi connectivity index (χ2n) is 6.36. The van der Waals surface area contributed by atoms with Crippen molar-refractivity contribution in [3.63, 3.8) is 0 Å². The van der Waals surface area contributed by atoms with Crippen molar-refractivity contribution in [3.8, 4) is 0 Å². The molecular weight excluding hydrogens is 352 g/mol. The number of rotatable bonds is 5. The molecular formula is C15H25BrN2O2S. The van der Waals surface area contributed by atoms with Gasteiger partial charge in [-0.15, -0.1) is 0 Å². The molecule has 0 saturated carbocycles. The van der Waals surface area contributed by atoms with E-state index in [-0.39, 0.29) is 11.5 Å². The lowest BCUT2D eigenvalue weighted by Crippen LogP contribution is -2.43. The largest absolute Gasteiger partial charge is 0.316 e. The van der Waals surface area contributed by atoms with Gasteiger partial charge in [-0.1, -0.05) is 26.8 Å². The van der Waals surface area contributed by atoms with Crippen LogP contribution in [0, 0.1) is 5.41 Å². The summed E-state index contributed by atoms with van der Waals surface area (Å²) < 4.78 is 27.8. The minimum Gasteiger partial charge on any atom is -0.316 e. The van der Waals surface area contributed by atoms with E-state index in [0.29, 0.717) is 15.9 Å². The van der Waals surface area contributed by atoms with Gasteiger partial charge in [0.15, 0.2) is 0 Å². The van der Waals surface area contributed by atoms with Crippen molar-refractivity contribution in [2.75, 3.05) is 14.1 Å². The third kappa shape index (κ3) is 4.28. The van der Waals surface area contributed by atoms with Crippen LogP contribution in [-0.4, -0.2) is 32.9 Å². The molecule has 0 spiro atoms. The lowest BCUT2D eigenvalue weighted by molar-refractivity contribution is 0.216. The van der Waals surface area contributed by atoms with Crippen molar-refractivity contribution < 1.29 is 8.42 Å². The maximum absolute atomic E-state index is 12.9. The fourth-order valence-corrected chi connectivity index (χ4v) is 4.49. The Labute approximate surface area is 137 Å². The third-order valence-electron chi connectivity index (χ3n) is 3.83. The first-order chi connectivity index (χ1) is 9.51. The summed E-state index contributed by atoms with van der Waals surface area (Å²) >= 11 is 3.36. The number of hydrogen-bond acceptors (Lipinski definition) is 3. The molecule has 120 valence electrons. The van der Waals surface area contributed by atoms with E-state index >= 15 is 0 Å². The smallest absolute Gasteiger partial charge is 0.244 e. The predicted octanol–water partition coefficient (Wildman–Crippen LogP) is 3.22. The van der Waals surface area contributed by atoms with E-state index in [2.05, 4.69) is 21.2 Å². The molecule has 4 nitrogen and oxygen atoms in total. The Hall–Kier alpha value is -0.430. The number of sulfonamides is 1. The summed E-state index contributed by atoms with van der Waals surface area (Å²) in [7, 11) is -0.0555.